The highest BCUT2D eigenvalue weighted by Crippen LogP contribution is 2.23. The number of hydrogen-bond donors (Lipinski definition) is 0. The number of non-ortho nitro benzene ring substituents is 1. The van der Waals surface area contributed by atoms with E-state index in [0.29, 0.717) is 10.9 Å². The van der Waals surface area contributed by atoms with Crippen LogP contribution in [0.5, 0.6) is 0 Å². The van der Waals surface area contributed by atoms with Gasteiger partial charge in [-0.1, -0.05) is 28.9 Å². The molecule has 0 N–H and O–H groups in total. The second-order valence-corrected chi connectivity index (χ2v) is 5.30. The molecule has 0 unspecified atom stereocenters. The lowest BCUT2D eigenvalue weighted by atomic mass is 10.2. The van der Waals surface area contributed by atoms with Gasteiger partial charge in [-0.15, -0.1) is 5.10 Å². The third-order valence-corrected chi connectivity index (χ3v) is 3.64. The SMILES string of the molecule is O=C(OCn1nnc2ccccc2c1=O)c1ccc([N+](=O)[O-])cc1Cl. The molecular weight excluding hydrogens is 352 g/mol. The Labute approximate surface area is 144 Å². The Balaban J connectivity index is 1.80. The molecule has 0 bridgehead atoms. The number of ether oxygens (including phenoxy) is 1. The maximum Gasteiger partial charge on any atom is 0.341 e. The maximum absolute atomic E-state index is 12.2. The monoisotopic (exact) mass is 360 g/mol. The molecule has 0 aliphatic rings. The van der Waals surface area contributed by atoms with Gasteiger partial charge in [0.2, 0.25) is 0 Å². The van der Waals surface area contributed by atoms with E-state index in [2.05, 4.69) is 10.3 Å². The molecule has 9 nitrogen and oxygen atoms in total. The lowest BCUT2D eigenvalue weighted by molar-refractivity contribution is -0.384. The predicted molar refractivity (Wildman–Crippen MR) is 87.3 cm³/mol. The fourth-order valence-electron chi connectivity index (χ4n) is 2.09. The Morgan fingerprint density at radius 2 is 2.04 bits per heavy atom. The van der Waals surface area contributed by atoms with Crippen LogP contribution in [-0.4, -0.2) is 25.9 Å². The minimum absolute atomic E-state index is 0.0611. The van der Waals surface area contributed by atoms with Crippen LogP contribution in [0.2, 0.25) is 5.02 Å². The van der Waals surface area contributed by atoms with Gasteiger partial charge >= 0.3 is 5.97 Å². The van der Waals surface area contributed by atoms with E-state index in [1.165, 1.54) is 6.07 Å². The van der Waals surface area contributed by atoms with Crippen LogP contribution in [0.3, 0.4) is 0 Å². The van der Waals surface area contributed by atoms with Gasteiger partial charge in [-0.05, 0) is 18.2 Å². The van der Waals surface area contributed by atoms with Crippen molar-refractivity contribution in [2.75, 3.05) is 0 Å². The standard InChI is InChI=1S/C15H9ClN4O5/c16-12-7-9(20(23)24)5-6-10(12)15(22)25-8-19-14(21)11-3-1-2-4-13(11)17-18-19/h1-7H,8H2. The normalized spacial score (nSPS) is 10.6. The van der Waals surface area contributed by atoms with Crippen LogP contribution < -0.4 is 5.56 Å². The summed E-state index contributed by atoms with van der Waals surface area (Å²) in [6.45, 7) is -0.469. The number of fused-ring (bicyclic) bond motifs is 1. The fourth-order valence-corrected chi connectivity index (χ4v) is 2.34. The molecule has 3 rings (SSSR count). The fraction of sp³-hybridized carbons (Fsp3) is 0.0667. The van der Waals surface area contributed by atoms with Crippen LogP contribution in [0.25, 0.3) is 10.9 Å². The topological polar surface area (TPSA) is 117 Å². The molecule has 126 valence electrons. The summed E-state index contributed by atoms with van der Waals surface area (Å²) in [6, 6.07) is 9.96. The van der Waals surface area contributed by atoms with Gasteiger partial charge in [0.15, 0.2) is 6.73 Å². The van der Waals surface area contributed by atoms with Crippen molar-refractivity contribution in [3.8, 4) is 0 Å². The molecule has 2 aromatic carbocycles. The van der Waals surface area contributed by atoms with Crippen molar-refractivity contribution in [1.82, 2.24) is 15.0 Å². The van der Waals surface area contributed by atoms with Gasteiger partial charge in [-0.2, -0.15) is 4.68 Å². The molecule has 1 heterocycles. The van der Waals surface area contributed by atoms with Gasteiger partial charge in [0.05, 0.1) is 20.9 Å². The van der Waals surface area contributed by atoms with E-state index in [9.17, 15) is 19.7 Å². The number of hydrogen-bond acceptors (Lipinski definition) is 7. The average molecular weight is 361 g/mol. The Morgan fingerprint density at radius 3 is 2.76 bits per heavy atom. The largest absolute Gasteiger partial charge is 0.438 e. The van der Waals surface area contributed by atoms with E-state index < -0.39 is 23.2 Å². The van der Waals surface area contributed by atoms with Gasteiger partial charge in [0.25, 0.3) is 11.2 Å². The summed E-state index contributed by atoms with van der Waals surface area (Å²) in [5, 5.41) is 18.4. The molecule has 0 aliphatic carbocycles. The Kier molecular flexibility index (Phi) is 4.40. The lowest BCUT2D eigenvalue weighted by Gasteiger charge is -2.07. The summed E-state index contributed by atoms with van der Waals surface area (Å²) in [5.41, 5.74) is -0.353. The van der Waals surface area contributed by atoms with Gasteiger partial charge in [-0.3, -0.25) is 14.9 Å². The summed E-state index contributed by atoms with van der Waals surface area (Å²) in [7, 11) is 0. The molecule has 0 spiro atoms. The van der Waals surface area contributed by atoms with Crippen molar-refractivity contribution in [2.24, 2.45) is 0 Å². The zero-order chi connectivity index (χ0) is 18.0. The van der Waals surface area contributed by atoms with Gasteiger partial charge in [0.1, 0.15) is 5.52 Å². The predicted octanol–water partition coefficient (Wildman–Crippen LogP) is 2.17. The molecule has 0 saturated heterocycles. The van der Waals surface area contributed by atoms with Crippen molar-refractivity contribution < 1.29 is 14.5 Å². The highest BCUT2D eigenvalue weighted by Gasteiger charge is 2.17. The number of rotatable bonds is 4. The Hall–Kier alpha value is -3.33. The summed E-state index contributed by atoms with van der Waals surface area (Å²) in [5.74, 6) is -0.846. The van der Waals surface area contributed by atoms with Crippen LogP contribution in [0.4, 0.5) is 5.69 Å². The maximum atomic E-state index is 12.2. The first-order valence-electron chi connectivity index (χ1n) is 6.91. The van der Waals surface area contributed by atoms with Crippen LogP contribution in [0, 0.1) is 10.1 Å². The van der Waals surface area contributed by atoms with Crippen LogP contribution in [0.15, 0.2) is 47.3 Å². The second kappa shape index (κ2) is 6.65. The van der Waals surface area contributed by atoms with Crippen molar-refractivity contribution in [3.63, 3.8) is 0 Å². The highest BCUT2D eigenvalue weighted by atomic mass is 35.5. The smallest absolute Gasteiger partial charge is 0.341 e. The number of esters is 1. The number of carbonyl (C=O) groups excluding carboxylic acids is 1. The van der Waals surface area contributed by atoms with Crippen molar-refractivity contribution in [2.45, 2.75) is 6.73 Å². The first-order chi connectivity index (χ1) is 12.0. The molecular formula is C15H9ClN4O5. The molecule has 10 heteroatoms. The first-order valence-corrected chi connectivity index (χ1v) is 7.29. The molecule has 0 saturated carbocycles. The zero-order valence-electron chi connectivity index (χ0n) is 12.5. The third-order valence-electron chi connectivity index (χ3n) is 3.33. The van der Waals surface area contributed by atoms with E-state index in [1.54, 1.807) is 24.3 Å². The van der Waals surface area contributed by atoms with Crippen LogP contribution in [-0.2, 0) is 11.5 Å². The molecule has 3 aromatic rings. The number of nitrogens with zero attached hydrogens (tertiary/aromatic N) is 4. The van der Waals surface area contributed by atoms with E-state index in [4.69, 9.17) is 16.3 Å². The molecule has 1 aromatic heterocycles. The van der Waals surface area contributed by atoms with Crippen LogP contribution in [0.1, 0.15) is 10.4 Å². The number of carbonyl (C=O) groups is 1. The Bertz CT molecular complexity index is 1050. The van der Waals surface area contributed by atoms with E-state index in [0.717, 1.165) is 16.8 Å². The van der Waals surface area contributed by atoms with Crippen molar-refractivity contribution >= 4 is 34.2 Å². The van der Waals surface area contributed by atoms with Gasteiger partial charge in [-0.25, -0.2) is 4.79 Å². The lowest BCUT2D eigenvalue weighted by Crippen LogP contribution is -2.26. The van der Waals surface area contributed by atoms with E-state index in [-0.39, 0.29) is 16.3 Å². The number of nitro benzene ring substituents is 1. The molecule has 0 fully saturated rings. The summed E-state index contributed by atoms with van der Waals surface area (Å²) in [6.07, 6.45) is 0. The molecule has 0 amide bonds. The molecule has 0 radical (unpaired) electrons. The number of nitro groups is 1. The summed E-state index contributed by atoms with van der Waals surface area (Å²) < 4.78 is 5.88. The van der Waals surface area contributed by atoms with E-state index in [1.807, 2.05) is 0 Å². The quantitative estimate of drug-likeness (QED) is 0.397. The van der Waals surface area contributed by atoms with Gasteiger partial charge in [0, 0.05) is 12.1 Å². The van der Waals surface area contributed by atoms with E-state index >= 15 is 0 Å². The summed E-state index contributed by atoms with van der Waals surface area (Å²) >= 11 is 5.86. The van der Waals surface area contributed by atoms with Crippen LogP contribution >= 0.6 is 11.6 Å². The first kappa shape index (κ1) is 16.5. The summed E-state index contributed by atoms with van der Waals surface area (Å²) in [4.78, 5) is 34.3. The number of benzene rings is 2. The van der Waals surface area contributed by atoms with Gasteiger partial charge < -0.3 is 4.74 Å². The minimum atomic E-state index is -0.846. The third kappa shape index (κ3) is 3.31. The average Bonchev–Trinajstić information content (AvgIpc) is 2.61. The molecule has 0 aliphatic heterocycles. The number of aromatic nitrogens is 3. The molecule has 0 atom stereocenters. The minimum Gasteiger partial charge on any atom is -0.438 e. The number of halogens is 1. The van der Waals surface area contributed by atoms with Crippen molar-refractivity contribution in [3.05, 3.63) is 73.5 Å². The molecule has 25 heavy (non-hydrogen) atoms. The Morgan fingerprint density at radius 1 is 1.28 bits per heavy atom. The zero-order valence-corrected chi connectivity index (χ0v) is 13.2. The highest BCUT2D eigenvalue weighted by molar-refractivity contribution is 6.33. The second-order valence-electron chi connectivity index (χ2n) is 4.89. The van der Waals surface area contributed by atoms with Crippen molar-refractivity contribution in [1.29, 1.82) is 0 Å².